The van der Waals surface area contributed by atoms with Crippen molar-refractivity contribution in [2.45, 2.75) is 32.9 Å². The lowest BCUT2D eigenvalue weighted by atomic mass is 10.2. The molecular weight excluding hydrogens is 332 g/mol. The first-order valence-corrected chi connectivity index (χ1v) is 8.84. The molecule has 0 saturated carbocycles. The predicted molar refractivity (Wildman–Crippen MR) is 98.0 cm³/mol. The summed E-state index contributed by atoms with van der Waals surface area (Å²) in [4.78, 5) is 25.8. The van der Waals surface area contributed by atoms with Crippen molar-refractivity contribution in [3.8, 4) is 0 Å². The van der Waals surface area contributed by atoms with Crippen LogP contribution in [0.3, 0.4) is 0 Å². The molecule has 1 fully saturated rings. The first-order chi connectivity index (χ1) is 12.4. The lowest BCUT2D eigenvalue weighted by Crippen LogP contribution is -2.44. The highest BCUT2D eigenvalue weighted by Crippen LogP contribution is 2.24. The summed E-state index contributed by atoms with van der Waals surface area (Å²) < 4.78 is 7.42. The maximum Gasteiger partial charge on any atom is 0.225 e. The lowest BCUT2D eigenvalue weighted by molar-refractivity contribution is -0.140. The summed E-state index contributed by atoms with van der Waals surface area (Å²) in [6, 6.07) is 3.61. The van der Waals surface area contributed by atoms with E-state index in [1.54, 1.807) is 4.68 Å². The second-order valence-electron chi connectivity index (χ2n) is 6.77. The summed E-state index contributed by atoms with van der Waals surface area (Å²) in [5.74, 6) is 1.54. The minimum Gasteiger partial charge on any atom is -0.377 e. The van der Waals surface area contributed by atoms with Gasteiger partial charge in [-0.05, 0) is 19.9 Å². The van der Waals surface area contributed by atoms with Gasteiger partial charge in [-0.25, -0.2) is 9.97 Å². The van der Waals surface area contributed by atoms with Crippen LogP contribution >= 0.6 is 0 Å². The molecule has 1 aliphatic rings. The zero-order valence-corrected chi connectivity index (χ0v) is 15.8. The maximum atomic E-state index is 12.8. The van der Waals surface area contributed by atoms with E-state index in [9.17, 15) is 4.79 Å². The Bertz CT molecular complexity index is 773. The summed E-state index contributed by atoms with van der Waals surface area (Å²) in [5.41, 5.74) is 1.83. The Hall–Kier alpha value is -2.48. The number of hydrogen-bond acceptors (Lipinski definition) is 6. The van der Waals surface area contributed by atoms with E-state index >= 15 is 0 Å². The summed E-state index contributed by atoms with van der Waals surface area (Å²) in [5, 5.41) is 4.34. The number of anilines is 1. The third-order valence-electron chi connectivity index (χ3n) is 4.39. The van der Waals surface area contributed by atoms with Crippen LogP contribution < -0.4 is 4.90 Å². The van der Waals surface area contributed by atoms with Crippen LogP contribution in [0.25, 0.3) is 0 Å². The smallest absolute Gasteiger partial charge is 0.225 e. The molecule has 8 nitrogen and oxygen atoms in total. The third kappa shape index (κ3) is 4.19. The van der Waals surface area contributed by atoms with Crippen LogP contribution in [0.1, 0.15) is 29.7 Å². The highest BCUT2D eigenvalue weighted by molar-refractivity contribution is 5.76. The first-order valence-electron chi connectivity index (χ1n) is 8.84. The normalized spacial score (nSPS) is 17.4. The average molecular weight is 358 g/mol. The van der Waals surface area contributed by atoms with Gasteiger partial charge in [0.25, 0.3) is 0 Å². The quantitative estimate of drug-likeness (QED) is 0.803. The molecule has 0 aliphatic carbocycles. The van der Waals surface area contributed by atoms with Gasteiger partial charge in [-0.2, -0.15) is 5.10 Å². The van der Waals surface area contributed by atoms with Crippen LogP contribution in [0.5, 0.6) is 0 Å². The molecule has 0 spiro atoms. The average Bonchev–Trinajstić information content (AvgIpc) is 3.04. The Morgan fingerprint density at radius 2 is 2.12 bits per heavy atom. The number of carbonyl (C=O) groups excluding carboxylic acids is 1. The van der Waals surface area contributed by atoms with E-state index in [4.69, 9.17) is 4.74 Å². The Morgan fingerprint density at radius 3 is 2.81 bits per heavy atom. The van der Waals surface area contributed by atoms with E-state index < -0.39 is 0 Å². The molecule has 2 aromatic heterocycles. The van der Waals surface area contributed by atoms with Crippen LogP contribution in [-0.4, -0.2) is 64.4 Å². The van der Waals surface area contributed by atoms with Crippen molar-refractivity contribution in [3.63, 3.8) is 0 Å². The van der Waals surface area contributed by atoms with Gasteiger partial charge in [0, 0.05) is 51.6 Å². The summed E-state index contributed by atoms with van der Waals surface area (Å²) in [7, 11) is 3.88. The van der Waals surface area contributed by atoms with E-state index in [2.05, 4.69) is 15.1 Å². The monoisotopic (exact) mass is 358 g/mol. The van der Waals surface area contributed by atoms with Crippen molar-refractivity contribution in [2.24, 2.45) is 0 Å². The van der Waals surface area contributed by atoms with Gasteiger partial charge in [-0.15, -0.1) is 0 Å². The number of morpholine rings is 1. The molecule has 0 bridgehead atoms. The molecule has 3 heterocycles. The van der Waals surface area contributed by atoms with Gasteiger partial charge >= 0.3 is 0 Å². The SMILES string of the molecule is Cc1cc(N(C)C)nc(C2COCCN2C(=O)CCn2ccc(C)n2)n1. The molecule has 0 aromatic carbocycles. The van der Waals surface area contributed by atoms with Crippen LogP contribution in [0.4, 0.5) is 5.82 Å². The summed E-state index contributed by atoms with van der Waals surface area (Å²) in [6.07, 6.45) is 2.29. The van der Waals surface area contributed by atoms with Crippen LogP contribution in [-0.2, 0) is 16.1 Å². The van der Waals surface area contributed by atoms with Gasteiger partial charge in [0.15, 0.2) is 5.82 Å². The van der Waals surface area contributed by atoms with E-state index in [0.29, 0.717) is 38.5 Å². The highest BCUT2D eigenvalue weighted by Gasteiger charge is 2.31. The van der Waals surface area contributed by atoms with Crippen molar-refractivity contribution in [1.29, 1.82) is 0 Å². The molecule has 1 atom stereocenters. The highest BCUT2D eigenvalue weighted by atomic mass is 16.5. The molecule has 3 rings (SSSR count). The third-order valence-corrected chi connectivity index (χ3v) is 4.39. The minimum absolute atomic E-state index is 0.0722. The standard InChI is InChI=1S/C18H26N6O2/c1-13-5-7-23(21-13)8-6-17(25)24-9-10-26-12-15(24)18-19-14(2)11-16(20-18)22(3)4/h5,7,11,15H,6,8-10,12H2,1-4H3. The molecule has 1 saturated heterocycles. The maximum absolute atomic E-state index is 12.8. The van der Waals surface area contributed by atoms with Crippen molar-refractivity contribution in [1.82, 2.24) is 24.6 Å². The fourth-order valence-corrected chi connectivity index (χ4v) is 3.01. The number of nitrogens with zero attached hydrogens (tertiary/aromatic N) is 6. The number of aromatic nitrogens is 4. The van der Waals surface area contributed by atoms with Crippen molar-refractivity contribution >= 4 is 11.7 Å². The Balaban J connectivity index is 1.76. The molecule has 1 amide bonds. The fourth-order valence-electron chi connectivity index (χ4n) is 3.01. The number of aryl methyl sites for hydroxylation is 3. The van der Waals surface area contributed by atoms with Gasteiger partial charge in [-0.1, -0.05) is 0 Å². The molecule has 0 N–H and O–H groups in total. The number of amides is 1. The zero-order chi connectivity index (χ0) is 18.7. The summed E-state index contributed by atoms with van der Waals surface area (Å²) >= 11 is 0. The Labute approximate surface area is 153 Å². The number of ether oxygens (including phenoxy) is 1. The molecule has 1 aliphatic heterocycles. The van der Waals surface area contributed by atoms with Gasteiger partial charge in [-0.3, -0.25) is 9.48 Å². The minimum atomic E-state index is -0.255. The second-order valence-corrected chi connectivity index (χ2v) is 6.77. The molecule has 2 aromatic rings. The van der Waals surface area contributed by atoms with Crippen molar-refractivity contribution in [2.75, 3.05) is 38.8 Å². The van der Waals surface area contributed by atoms with Crippen molar-refractivity contribution < 1.29 is 9.53 Å². The molecule has 0 radical (unpaired) electrons. The Kier molecular flexibility index (Phi) is 5.51. The topological polar surface area (TPSA) is 76.4 Å². The largest absolute Gasteiger partial charge is 0.377 e. The molecule has 8 heteroatoms. The lowest BCUT2D eigenvalue weighted by Gasteiger charge is -2.35. The molecule has 140 valence electrons. The van der Waals surface area contributed by atoms with Gasteiger partial charge in [0.05, 0.1) is 18.9 Å². The number of hydrogen-bond donors (Lipinski definition) is 0. The molecular formula is C18H26N6O2. The number of carbonyl (C=O) groups is 1. The van der Waals surface area contributed by atoms with E-state index in [0.717, 1.165) is 17.2 Å². The summed E-state index contributed by atoms with van der Waals surface area (Å²) in [6.45, 7) is 5.95. The molecule has 1 unspecified atom stereocenters. The van der Waals surface area contributed by atoms with E-state index in [1.165, 1.54) is 0 Å². The Morgan fingerprint density at radius 1 is 1.31 bits per heavy atom. The predicted octanol–water partition coefficient (Wildman–Crippen LogP) is 1.35. The van der Waals surface area contributed by atoms with Gasteiger partial charge in [0.1, 0.15) is 11.9 Å². The van der Waals surface area contributed by atoms with Crippen LogP contribution in [0.15, 0.2) is 18.3 Å². The first kappa shape index (κ1) is 18.3. The second kappa shape index (κ2) is 7.82. The van der Waals surface area contributed by atoms with E-state index in [-0.39, 0.29) is 11.9 Å². The number of rotatable bonds is 5. The molecule has 26 heavy (non-hydrogen) atoms. The van der Waals surface area contributed by atoms with Crippen molar-refractivity contribution in [3.05, 3.63) is 35.5 Å². The fraction of sp³-hybridized carbons (Fsp3) is 0.556. The van der Waals surface area contributed by atoms with Crippen LogP contribution in [0, 0.1) is 13.8 Å². The zero-order valence-electron chi connectivity index (χ0n) is 15.8. The van der Waals surface area contributed by atoms with Gasteiger partial charge < -0.3 is 14.5 Å². The van der Waals surface area contributed by atoms with Gasteiger partial charge in [0.2, 0.25) is 5.91 Å². The van der Waals surface area contributed by atoms with Crippen LogP contribution in [0.2, 0.25) is 0 Å². The van der Waals surface area contributed by atoms with E-state index in [1.807, 2.05) is 56.1 Å².